The number of rotatable bonds is 2. The molecule has 0 saturated carbocycles. The van der Waals surface area contributed by atoms with E-state index >= 15 is 0 Å². The summed E-state index contributed by atoms with van der Waals surface area (Å²) in [5, 5.41) is 0. The molecule has 1 heterocycles. The quantitative estimate of drug-likeness (QED) is 0.767. The van der Waals surface area contributed by atoms with E-state index in [2.05, 4.69) is 41.4 Å². The molecule has 2 rings (SSSR count). The number of nitrogens with two attached hydrogens (primary N) is 1. The van der Waals surface area contributed by atoms with Gasteiger partial charge in [0.2, 0.25) is 0 Å². The molecule has 0 bridgehead atoms. The molecular weight excluding hydrogens is 172 g/mol. The van der Waals surface area contributed by atoms with Crippen molar-refractivity contribution in [3.8, 4) is 0 Å². The molecule has 0 aromatic heterocycles. The lowest BCUT2D eigenvalue weighted by Gasteiger charge is -2.19. The Morgan fingerprint density at radius 1 is 1.21 bits per heavy atom. The summed E-state index contributed by atoms with van der Waals surface area (Å²) in [6, 6.07) is 10.4. The van der Waals surface area contributed by atoms with E-state index in [1.165, 1.54) is 5.56 Å². The first kappa shape index (κ1) is 8.88. The summed E-state index contributed by atoms with van der Waals surface area (Å²) in [4.78, 5) is 2.11. The van der Waals surface area contributed by atoms with Crippen LogP contribution in [-0.2, 0) is 6.54 Å². The highest BCUT2D eigenvalue weighted by molar-refractivity contribution is 5.17. The minimum absolute atomic E-state index is 0.866. The average molecular weight is 186 g/mol. The molecule has 0 amide bonds. The van der Waals surface area contributed by atoms with Crippen LogP contribution in [0.4, 0.5) is 0 Å². The van der Waals surface area contributed by atoms with Crippen LogP contribution in [0.1, 0.15) is 12.0 Å². The van der Waals surface area contributed by atoms with Crippen LogP contribution in [0.15, 0.2) is 54.5 Å². The molecule has 0 aliphatic carbocycles. The summed E-state index contributed by atoms with van der Waals surface area (Å²) in [5.41, 5.74) is 7.96. The topological polar surface area (TPSA) is 29.3 Å². The van der Waals surface area contributed by atoms with Crippen LogP contribution in [-0.4, -0.2) is 4.90 Å². The van der Waals surface area contributed by atoms with Gasteiger partial charge in [0.15, 0.2) is 0 Å². The van der Waals surface area contributed by atoms with Gasteiger partial charge in [0.25, 0.3) is 0 Å². The van der Waals surface area contributed by atoms with E-state index in [1.54, 1.807) is 0 Å². The molecule has 72 valence electrons. The normalized spacial score (nSPS) is 15.4. The first-order valence-corrected chi connectivity index (χ1v) is 4.77. The first-order valence-electron chi connectivity index (χ1n) is 4.77. The van der Waals surface area contributed by atoms with E-state index in [9.17, 15) is 0 Å². The lowest BCUT2D eigenvalue weighted by molar-refractivity contribution is 0.486. The molecule has 0 unspecified atom stereocenters. The largest absolute Gasteiger partial charge is 0.401 e. The highest BCUT2D eigenvalue weighted by Gasteiger charge is 2.02. The van der Waals surface area contributed by atoms with Crippen molar-refractivity contribution < 1.29 is 0 Å². The minimum atomic E-state index is 0.866. The Balaban J connectivity index is 2.05. The highest BCUT2D eigenvalue weighted by atomic mass is 15.1. The maximum absolute atomic E-state index is 5.75. The van der Waals surface area contributed by atoms with Gasteiger partial charge >= 0.3 is 0 Å². The first-order chi connectivity index (χ1) is 6.84. The molecule has 0 spiro atoms. The van der Waals surface area contributed by atoms with Crippen LogP contribution in [0.25, 0.3) is 0 Å². The molecule has 0 atom stereocenters. The molecule has 2 N–H and O–H groups in total. The van der Waals surface area contributed by atoms with Gasteiger partial charge in [-0.3, -0.25) is 0 Å². The summed E-state index contributed by atoms with van der Waals surface area (Å²) in [7, 11) is 0. The molecular formula is C12H14N2. The van der Waals surface area contributed by atoms with Crippen molar-refractivity contribution in [1.29, 1.82) is 0 Å². The van der Waals surface area contributed by atoms with Crippen LogP contribution >= 0.6 is 0 Å². The fraction of sp³-hybridized carbons (Fsp3) is 0.167. The van der Waals surface area contributed by atoms with Gasteiger partial charge in [-0.15, -0.1) is 0 Å². The van der Waals surface area contributed by atoms with Crippen LogP contribution in [0.5, 0.6) is 0 Å². The van der Waals surface area contributed by atoms with E-state index in [0.29, 0.717) is 0 Å². The number of allylic oxidation sites excluding steroid dienone is 1. The maximum Gasteiger partial charge on any atom is 0.0470 e. The zero-order valence-corrected chi connectivity index (χ0v) is 8.06. The van der Waals surface area contributed by atoms with Gasteiger partial charge in [-0.25, -0.2) is 0 Å². The van der Waals surface area contributed by atoms with Crippen molar-refractivity contribution >= 4 is 0 Å². The smallest absolute Gasteiger partial charge is 0.0470 e. The molecule has 0 fully saturated rings. The Morgan fingerprint density at radius 3 is 2.71 bits per heavy atom. The molecule has 1 aliphatic heterocycles. The van der Waals surface area contributed by atoms with Crippen LogP contribution in [0.3, 0.4) is 0 Å². The van der Waals surface area contributed by atoms with E-state index in [-0.39, 0.29) is 0 Å². The highest BCUT2D eigenvalue weighted by Crippen LogP contribution is 2.11. The molecule has 2 heteroatoms. The minimum Gasteiger partial charge on any atom is -0.401 e. The van der Waals surface area contributed by atoms with E-state index in [0.717, 1.165) is 18.7 Å². The zero-order valence-electron chi connectivity index (χ0n) is 8.06. The second kappa shape index (κ2) is 4.01. The predicted molar refractivity (Wildman–Crippen MR) is 58.0 cm³/mol. The van der Waals surface area contributed by atoms with Crippen LogP contribution < -0.4 is 5.73 Å². The summed E-state index contributed by atoms with van der Waals surface area (Å²) < 4.78 is 0. The van der Waals surface area contributed by atoms with Crippen molar-refractivity contribution in [2.45, 2.75) is 13.0 Å². The number of hydrogen-bond acceptors (Lipinski definition) is 2. The van der Waals surface area contributed by atoms with Gasteiger partial charge < -0.3 is 10.6 Å². The maximum atomic E-state index is 5.75. The second-order valence-corrected chi connectivity index (χ2v) is 3.45. The molecule has 0 saturated heterocycles. The van der Waals surface area contributed by atoms with Crippen LogP contribution in [0.2, 0.25) is 0 Å². The van der Waals surface area contributed by atoms with Gasteiger partial charge in [-0.05, 0) is 5.56 Å². The molecule has 1 aromatic carbocycles. The summed E-state index contributed by atoms with van der Waals surface area (Å²) in [6.45, 7) is 0.887. The number of benzene rings is 1. The fourth-order valence-corrected chi connectivity index (χ4v) is 1.53. The van der Waals surface area contributed by atoms with Crippen molar-refractivity contribution in [3.05, 3.63) is 60.1 Å². The van der Waals surface area contributed by atoms with Crippen molar-refractivity contribution in [2.75, 3.05) is 0 Å². The molecule has 1 aliphatic rings. The average Bonchev–Trinajstić information content (AvgIpc) is 2.19. The van der Waals surface area contributed by atoms with Crippen molar-refractivity contribution in [3.63, 3.8) is 0 Å². The molecule has 1 aromatic rings. The Hall–Kier alpha value is -1.70. The Morgan fingerprint density at radius 2 is 2.00 bits per heavy atom. The third-order valence-corrected chi connectivity index (χ3v) is 2.19. The Kier molecular flexibility index (Phi) is 2.54. The lowest BCUT2D eigenvalue weighted by atomic mass is 10.2. The fourth-order valence-electron chi connectivity index (χ4n) is 1.53. The third-order valence-electron chi connectivity index (χ3n) is 2.19. The van der Waals surface area contributed by atoms with E-state index in [1.807, 2.05) is 12.3 Å². The van der Waals surface area contributed by atoms with Gasteiger partial charge in [0.1, 0.15) is 0 Å². The number of nitrogens with zero attached hydrogens (tertiary/aromatic N) is 1. The van der Waals surface area contributed by atoms with Crippen molar-refractivity contribution in [1.82, 2.24) is 4.90 Å². The van der Waals surface area contributed by atoms with Crippen molar-refractivity contribution in [2.24, 2.45) is 5.73 Å². The zero-order chi connectivity index (χ0) is 9.80. The van der Waals surface area contributed by atoms with Gasteiger partial charge in [-0.1, -0.05) is 36.4 Å². The Bertz CT molecular complexity index is 352. The van der Waals surface area contributed by atoms with E-state index < -0.39 is 0 Å². The third kappa shape index (κ3) is 2.16. The van der Waals surface area contributed by atoms with Crippen LogP contribution in [0, 0.1) is 0 Å². The van der Waals surface area contributed by atoms with Gasteiger partial charge in [-0.2, -0.15) is 0 Å². The summed E-state index contributed by atoms with van der Waals surface area (Å²) >= 11 is 0. The van der Waals surface area contributed by atoms with E-state index in [4.69, 9.17) is 5.73 Å². The molecule has 14 heavy (non-hydrogen) atoms. The summed E-state index contributed by atoms with van der Waals surface area (Å²) in [5.74, 6) is 0. The molecule has 0 radical (unpaired) electrons. The predicted octanol–water partition coefficient (Wildman–Crippen LogP) is 2.21. The summed E-state index contributed by atoms with van der Waals surface area (Å²) in [6.07, 6.45) is 7.01. The second-order valence-electron chi connectivity index (χ2n) is 3.45. The molecule has 2 nitrogen and oxygen atoms in total. The SMILES string of the molecule is NC1=CN(Cc2ccccc2)C=CC1. The monoisotopic (exact) mass is 186 g/mol. The standard InChI is InChI=1S/C12H14N2/c13-12-7-4-8-14(10-12)9-11-5-2-1-3-6-11/h1-6,8,10H,7,9,13H2. The Labute approximate surface area is 84.3 Å². The number of hydrogen-bond donors (Lipinski definition) is 1. The lowest BCUT2D eigenvalue weighted by Crippen LogP contribution is -2.15. The van der Waals surface area contributed by atoms with Gasteiger partial charge in [0, 0.05) is 31.1 Å². The van der Waals surface area contributed by atoms with Gasteiger partial charge in [0.05, 0.1) is 0 Å².